The molecule has 0 aromatic heterocycles. The van der Waals surface area contributed by atoms with Crippen LogP contribution in [0, 0.1) is 11.8 Å². The van der Waals surface area contributed by atoms with Gasteiger partial charge in [0.05, 0.1) is 0 Å². The van der Waals surface area contributed by atoms with E-state index in [1.54, 1.807) is 0 Å². The first-order valence-electron chi connectivity index (χ1n) is 9.85. The van der Waals surface area contributed by atoms with Crippen LogP contribution in [0.3, 0.4) is 0 Å². The van der Waals surface area contributed by atoms with E-state index in [9.17, 15) is 9.59 Å². The largest absolute Gasteiger partial charge is 0.341 e. The molecule has 5 nitrogen and oxygen atoms in total. The van der Waals surface area contributed by atoms with Crippen molar-refractivity contribution in [3.05, 3.63) is 35.4 Å². The molecule has 0 bridgehead atoms. The maximum Gasteiger partial charge on any atom is 0.245 e. The second-order valence-corrected chi connectivity index (χ2v) is 7.76. The first-order chi connectivity index (χ1) is 12.5. The number of nitrogens with zero attached hydrogens (tertiary/aromatic N) is 2. The van der Waals surface area contributed by atoms with E-state index in [0.29, 0.717) is 18.9 Å². The van der Waals surface area contributed by atoms with Crippen LogP contribution >= 0.6 is 12.4 Å². The Balaban J connectivity index is 0.00000261. The average molecular weight is 394 g/mol. The summed E-state index contributed by atoms with van der Waals surface area (Å²) >= 11 is 0. The molecular weight excluding hydrogens is 362 g/mol. The molecule has 3 atom stereocenters. The maximum absolute atomic E-state index is 13.3. The number of amides is 2. The van der Waals surface area contributed by atoms with E-state index in [1.807, 2.05) is 42.8 Å². The van der Waals surface area contributed by atoms with Crippen LogP contribution in [0.2, 0.25) is 0 Å². The molecule has 27 heavy (non-hydrogen) atoms. The summed E-state index contributed by atoms with van der Waals surface area (Å²) in [5.74, 6) is 0.686. The van der Waals surface area contributed by atoms with Gasteiger partial charge >= 0.3 is 0 Å². The SMILES string of the molecule is CCC(C)C(=O)N1Cc2ccccc2CC1C(=O)N1CCC(CNC)C1.Cl. The molecule has 0 spiro atoms. The zero-order valence-corrected chi connectivity index (χ0v) is 17.4. The molecule has 0 aliphatic carbocycles. The summed E-state index contributed by atoms with van der Waals surface area (Å²) in [5, 5.41) is 3.21. The predicted molar refractivity (Wildman–Crippen MR) is 110 cm³/mol. The Morgan fingerprint density at radius 2 is 1.96 bits per heavy atom. The third kappa shape index (κ3) is 4.64. The summed E-state index contributed by atoms with van der Waals surface area (Å²) in [6, 6.07) is 7.83. The number of carbonyl (C=O) groups excluding carboxylic acids is 2. The van der Waals surface area contributed by atoms with Crippen molar-refractivity contribution in [2.24, 2.45) is 11.8 Å². The van der Waals surface area contributed by atoms with Crippen molar-refractivity contribution in [2.75, 3.05) is 26.7 Å². The third-order valence-corrected chi connectivity index (χ3v) is 5.94. The highest BCUT2D eigenvalue weighted by molar-refractivity contribution is 5.89. The number of halogens is 1. The van der Waals surface area contributed by atoms with E-state index in [0.717, 1.165) is 32.5 Å². The first-order valence-corrected chi connectivity index (χ1v) is 9.85. The lowest BCUT2D eigenvalue weighted by atomic mass is 9.91. The second kappa shape index (κ2) is 9.56. The van der Waals surface area contributed by atoms with Crippen molar-refractivity contribution in [1.29, 1.82) is 0 Å². The summed E-state index contributed by atoms with van der Waals surface area (Å²) in [6.45, 7) is 7.07. The standard InChI is InChI=1S/C21H31N3O2.ClH/c1-4-15(2)20(25)24-14-18-8-6-5-7-17(18)11-19(24)21(26)23-10-9-16(13-23)12-22-3;/h5-8,15-16,19,22H,4,9-14H2,1-3H3;1H. The smallest absolute Gasteiger partial charge is 0.245 e. The molecule has 6 heteroatoms. The number of hydrogen-bond acceptors (Lipinski definition) is 3. The van der Waals surface area contributed by atoms with Gasteiger partial charge in [-0.2, -0.15) is 0 Å². The van der Waals surface area contributed by atoms with Crippen LogP contribution < -0.4 is 5.32 Å². The number of fused-ring (bicyclic) bond motifs is 1. The molecule has 1 N–H and O–H groups in total. The zero-order chi connectivity index (χ0) is 18.7. The average Bonchev–Trinajstić information content (AvgIpc) is 3.14. The van der Waals surface area contributed by atoms with Gasteiger partial charge in [-0.15, -0.1) is 12.4 Å². The van der Waals surface area contributed by atoms with Crippen molar-refractivity contribution in [3.8, 4) is 0 Å². The third-order valence-electron chi connectivity index (χ3n) is 5.94. The fourth-order valence-corrected chi connectivity index (χ4v) is 4.13. The topological polar surface area (TPSA) is 52.7 Å². The molecule has 1 aromatic rings. The Kier molecular flexibility index (Phi) is 7.68. The van der Waals surface area contributed by atoms with Gasteiger partial charge in [0.2, 0.25) is 11.8 Å². The van der Waals surface area contributed by atoms with E-state index in [1.165, 1.54) is 11.1 Å². The van der Waals surface area contributed by atoms with Crippen LogP contribution in [0.4, 0.5) is 0 Å². The molecule has 2 aliphatic rings. The Hall–Kier alpha value is -1.59. The molecule has 1 aromatic carbocycles. The van der Waals surface area contributed by atoms with E-state index >= 15 is 0 Å². The highest BCUT2D eigenvalue weighted by Gasteiger charge is 2.39. The lowest BCUT2D eigenvalue weighted by molar-refractivity contribution is -0.148. The Morgan fingerprint density at radius 3 is 2.63 bits per heavy atom. The molecule has 2 heterocycles. The van der Waals surface area contributed by atoms with Crippen LogP contribution in [-0.4, -0.2) is 54.3 Å². The van der Waals surface area contributed by atoms with Gasteiger partial charge in [0.25, 0.3) is 0 Å². The molecule has 3 rings (SSSR count). The molecule has 2 aliphatic heterocycles. The van der Waals surface area contributed by atoms with Gasteiger partial charge in [-0.05, 0) is 43.5 Å². The molecule has 150 valence electrons. The fraction of sp³-hybridized carbons (Fsp3) is 0.619. The maximum atomic E-state index is 13.3. The minimum absolute atomic E-state index is 0. The fourth-order valence-electron chi connectivity index (χ4n) is 4.13. The number of benzene rings is 1. The number of carbonyl (C=O) groups is 2. The van der Waals surface area contributed by atoms with Crippen LogP contribution in [-0.2, 0) is 22.6 Å². The lowest BCUT2D eigenvalue weighted by Gasteiger charge is -2.39. The minimum atomic E-state index is -0.361. The number of rotatable bonds is 5. The monoisotopic (exact) mass is 393 g/mol. The van der Waals surface area contributed by atoms with Gasteiger partial charge in [-0.1, -0.05) is 38.1 Å². The normalized spacial score (nSPS) is 22.8. The van der Waals surface area contributed by atoms with E-state index in [2.05, 4.69) is 17.4 Å². The first kappa shape index (κ1) is 21.7. The summed E-state index contributed by atoms with van der Waals surface area (Å²) in [7, 11) is 1.95. The summed E-state index contributed by atoms with van der Waals surface area (Å²) < 4.78 is 0. The van der Waals surface area contributed by atoms with Crippen molar-refractivity contribution in [2.45, 2.75) is 45.7 Å². The minimum Gasteiger partial charge on any atom is -0.341 e. The number of hydrogen-bond donors (Lipinski definition) is 1. The molecule has 3 unspecified atom stereocenters. The van der Waals surface area contributed by atoms with Crippen LogP contribution in [0.1, 0.15) is 37.8 Å². The van der Waals surface area contributed by atoms with Crippen LogP contribution in [0.5, 0.6) is 0 Å². The van der Waals surface area contributed by atoms with Gasteiger partial charge in [-0.25, -0.2) is 0 Å². The highest BCUT2D eigenvalue weighted by atomic mass is 35.5. The van der Waals surface area contributed by atoms with Crippen LogP contribution in [0.15, 0.2) is 24.3 Å². The van der Waals surface area contributed by atoms with Crippen LogP contribution in [0.25, 0.3) is 0 Å². The summed E-state index contributed by atoms with van der Waals surface area (Å²) in [5.41, 5.74) is 2.37. The van der Waals surface area contributed by atoms with Crippen molar-refractivity contribution < 1.29 is 9.59 Å². The number of nitrogens with one attached hydrogen (secondary N) is 1. The number of likely N-dealkylation sites (tertiary alicyclic amines) is 1. The lowest BCUT2D eigenvalue weighted by Crippen LogP contribution is -2.54. The van der Waals surface area contributed by atoms with Crippen molar-refractivity contribution in [3.63, 3.8) is 0 Å². The quantitative estimate of drug-likeness (QED) is 0.836. The molecule has 0 saturated carbocycles. The molecule has 1 fully saturated rings. The van der Waals surface area contributed by atoms with Gasteiger partial charge in [0, 0.05) is 32.0 Å². The zero-order valence-electron chi connectivity index (χ0n) is 16.6. The summed E-state index contributed by atoms with van der Waals surface area (Å²) in [4.78, 5) is 30.1. The Labute approximate surface area is 168 Å². The second-order valence-electron chi connectivity index (χ2n) is 7.76. The van der Waals surface area contributed by atoms with E-state index in [-0.39, 0.29) is 36.2 Å². The van der Waals surface area contributed by atoms with Gasteiger partial charge in [0.15, 0.2) is 0 Å². The molecule has 2 amide bonds. The van der Waals surface area contributed by atoms with E-state index < -0.39 is 0 Å². The van der Waals surface area contributed by atoms with Crippen molar-refractivity contribution in [1.82, 2.24) is 15.1 Å². The predicted octanol–water partition coefficient (Wildman–Crippen LogP) is 2.48. The van der Waals surface area contributed by atoms with Crippen molar-refractivity contribution >= 4 is 24.2 Å². The highest BCUT2D eigenvalue weighted by Crippen LogP contribution is 2.28. The molecule has 1 saturated heterocycles. The van der Waals surface area contributed by atoms with Gasteiger partial charge in [0.1, 0.15) is 6.04 Å². The Bertz CT molecular complexity index is 667. The Morgan fingerprint density at radius 1 is 1.26 bits per heavy atom. The van der Waals surface area contributed by atoms with E-state index in [4.69, 9.17) is 0 Å². The molecule has 0 radical (unpaired) electrons. The molecular formula is C21H32ClN3O2. The van der Waals surface area contributed by atoms with Gasteiger partial charge in [-0.3, -0.25) is 9.59 Å². The van der Waals surface area contributed by atoms with Gasteiger partial charge < -0.3 is 15.1 Å². The summed E-state index contributed by atoms with van der Waals surface area (Å²) in [6.07, 6.45) is 2.46.